The largest absolute Gasteiger partial charge is 0.454 e. The van der Waals surface area contributed by atoms with E-state index in [4.69, 9.17) is 24.4 Å². The van der Waals surface area contributed by atoms with E-state index in [-0.39, 0.29) is 5.92 Å². The fourth-order valence-electron chi connectivity index (χ4n) is 8.06. The molecule has 238 valence electrons. The zero-order valence-electron chi connectivity index (χ0n) is 27.4. The van der Waals surface area contributed by atoms with Gasteiger partial charge in [0.05, 0.1) is 5.69 Å². The van der Waals surface area contributed by atoms with Crippen molar-refractivity contribution in [1.82, 2.24) is 19.9 Å². The highest BCUT2D eigenvalue weighted by Crippen LogP contribution is 2.48. The Bertz CT molecular complexity index is 2890. The lowest BCUT2D eigenvalue weighted by molar-refractivity contribution is 0.672. The SMILES string of the molecule is C1=CC2=CCc3ccc(-c4nc(-c5ccccc5)nc(-c5cccc(-c6nc7c8ccccc8oc7c7ccccc67)c5)n4)c4c3C2C(=C1)C=C4. The molecule has 5 heteroatoms. The topological polar surface area (TPSA) is 64.7 Å². The molecule has 0 N–H and O–H groups in total. The van der Waals surface area contributed by atoms with Crippen LogP contribution in [0.4, 0.5) is 0 Å². The summed E-state index contributed by atoms with van der Waals surface area (Å²) in [6, 6.07) is 39.4. The first-order valence-electron chi connectivity index (χ1n) is 17.3. The van der Waals surface area contributed by atoms with Gasteiger partial charge in [-0.2, -0.15) is 0 Å². The molecule has 0 saturated carbocycles. The second kappa shape index (κ2) is 10.9. The molecule has 5 aromatic carbocycles. The van der Waals surface area contributed by atoms with Crippen molar-refractivity contribution in [3.8, 4) is 45.4 Å². The third-order valence-corrected chi connectivity index (χ3v) is 10.4. The summed E-state index contributed by atoms with van der Waals surface area (Å²) in [5, 5.41) is 3.07. The monoisotopic (exact) mass is 652 g/mol. The maximum atomic E-state index is 6.34. The lowest BCUT2D eigenvalue weighted by Gasteiger charge is -2.33. The first-order chi connectivity index (χ1) is 25.3. The summed E-state index contributed by atoms with van der Waals surface area (Å²) in [6.45, 7) is 0. The average Bonchev–Trinajstić information content (AvgIpc) is 3.59. The lowest BCUT2D eigenvalue weighted by atomic mass is 9.70. The Morgan fingerprint density at radius 2 is 1.31 bits per heavy atom. The van der Waals surface area contributed by atoms with E-state index >= 15 is 0 Å². The number of hydrogen-bond donors (Lipinski definition) is 0. The lowest BCUT2D eigenvalue weighted by Crippen LogP contribution is -2.18. The number of furan rings is 1. The van der Waals surface area contributed by atoms with Crippen molar-refractivity contribution < 1.29 is 4.42 Å². The van der Waals surface area contributed by atoms with Crippen molar-refractivity contribution in [2.24, 2.45) is 0 Å². The van der Waals surface area contributed by atoms with Crippen LogP contribution in [0, 0.1) is 0 Å². The van der Waals surface area contributed by atoms with Crippen molar-refractivity contribution in [3.63, 3.8) is 0 Å². The molecule has 3 heterocycles. The minimum absolute atomic E-state index is 0.247. The molecule has 11 rings (SSSR count). The number of rotatable bonds is 4. The molecule has 3 aromatic heterocycles. The van der Waals surface area contributed by atoms with E-state index < -0.39 is 0 Å². The molecule has 3 aliphatic rings. The maximum Gasteiger partial charge on any atom is 0.164 e. The summed E-state index contributed by atoms with van der Waals surface area (Å²) >= 11 is 0. The van der Waals surface area contributed by atoms with Gasteiger partial charge in [0.15, 0.2) is 23.1 Å². The summed E-state index contributed by atoms with van der Waals surface area (Å²) in [5.41, 5.74) is 13.8. The van der Waals surface area contributed by atoms with Crippen molar-refractivity contribution >= 4 is 38.9 Å². The third kappa shape index (κ3) is 4.35. The van der Waals surface area contributed by atoms with E-state index in [9.17, 15) is 0 Å². The number of benzene rings is 5. The minimum Gasteiger partial charge on any atom is -0.454 e. The van der Waals surface area contributed by atoms with Crippen molar-refractivity contribution in [3.05, 3.63) is 173 Å². The van der Waals surface area contributed by atoms with Crippen LogP contribution in [0.3, 0.4) is 0 Å². The van der Waals surface area contributed by atoms with Crippen LogP contribution in [-0.2, 0) is 6.42 Å². The number of nitrogens with zero attached hydrogens (tertiary/aromatic N) is 4. The zero-order chi connectivity index (χ0) is 33.5. The highest BCUT2D eigenvalue weighted by Gasteiger charge is 2.32. The minimum atomic E-state index is 0.247. The average molecular weight is 653 g/mol. The van der Waals surface area contributed by atoms with Crippen LogP contribution in [-0.4, -0.2) is 19.9 Å². The molecule has 3 aliphatic carbocycles. The van der Waals surface area contributed by atoms with E-state index in [0.29, 0.717) is 17.5 Å². The molecule has 8 aromatic rings. The summed E-state index contributed by atoms with van der Waals surface area (Å²) in [6.07, 6.45) is 14.4. The van der Waals surface area contributed by atoms with Gasteiger partial charge < -0.3 is 4.42 Å². The van der Waals surface area contributed by atoms with E-state index in [1.165, 1.54) is 27.8 Å². The zero-order valence-corrected chi connectivity index (χ0v) is 27.4. The Balaban J connectivity index is 1.11. The summed E-state index contributed by atoms with van der Waals surface area (Å²) < 4.78 is 6.34. The van der Waals surface area contributed by atoms with Crippen LogP contribution in [0.25, 0.3) is 84.3 Å². The molecule has 0 aliphatic heterocycles. The molecular formula is C46H28N4O. The van der Waals surface area contributed by atoms with Crippen LogP contribution >= 0.6 is 0 Å². The number of aromatic nitrogens is 4. The number of para-hydroxylation sites is 1. The van der Waals surface area contributed by atoms with Gasteiger partial charge in [-0.05, 0) is 52.5 Å². The molecule has 0 spiro atoms. The van der Waals surface area contributed by atoms with Gasteiger partial charge in [0.1, 0.15) is 11.1 Å². The van der Waals surface area contributed by atoms with Gasteiger partial charge in [0.25, 0.3) is 0 Å². The Kier molecular flexibility index (Phi) is 6.01. The number of pyridine rings is 1. The highest BCUT2D eigenvalue weighted by atomic mass is 16.3. The van der Waals surface area contributed by atoms with Gasteiger partial charge >= 0.3 is 0 Å². The first-order valence-corrected chi connectivity index (χ1v) is 17.3. The number of hydrogen-bond acceptors (Lipinski definition) is 5. The smallest absolute Gasteiger partial charge is 0.164 e. The molecule has 0 radical (unpaired) electrons. The molecule has 5 nitrogen and oxygen atoms in total. The third-order valence-electron chi connectivity index (χ3n) is 10.4. The molecule has 0 bridgehead atoms. The number of allylic oxidation sites excluding steroid dienone is 7. The molecule has 1 unspecified atom stereocenters. The quantitative estimate of drug-likeness (QED) is 0.189. The molecule has 1 atom stereocenters. The van der Waals surface area contributed by atoms with E-state index in [2.05, 4.69) is 115 Å². The maximum absolute atomic E-state index is 6.34. The van der Waals surface area contributed by atoms with Crippen LogP contribution in [0.5, 0.6) is 0 Å². The Morgan fingerprint density at radius 1 is 0.569 bits per heavy atom. The fraction of sp³-hybridized carbons (Fsp3) is 0.0435. The molecule has 0 saturated heterocycles. The Morgan fingerprint density at radius 3 is 2.22 bits per heavy atom. The predicted octanol–water partition coefficient (Wildman–Crippen LogP) is 11.1. The van der Waals surface area contributed by atoms with Crippen LogP contribution in [0.2, 0.25) is 0 Å². The van der Waals surface area contributed by atoms with Gasteiger partial charge in [-0.3, -0.25) is 0 Å². The molecule has 0 amide bonds. The molecular weight excluding hydrogens is 625 g/mol. The first kappa shape index (κ1) is 28.2. The second-order valence-corrected chi connectivity index (χ2v) is 13.3. The van der Waals surface area contributed by atoms with Crippen LogP contribution < -0.4 is 0 Å². The van der Waals surface area contributed by atoms with E-state index in [1.807, 2.05) is 36.4 Å². The number of fused-ring (bicyclic) bond motifs is 5. The van der Waals surface area contributed by atoms with E-state index in [1.54, 1.807) is 0 Å². The van der Waals surface area contributed by atoms with Crippen molar-refractivity contribution in [2.75, 3.05) is 0 Å². The highest BCUT2D eigenvalue weighted by molar-refractivity contribution is 6.16. The van der Waals surface area contributed by atoms with Gasteiger partial charge in [-0.25, -0.2) is 19.9 Å². The summed E-state index contributed by atoms with van der Waals surface area (Å²) in [7, 11) is 0. The van der Waals surface area contributed by atoms with Gasteiger partial charge in [0, 0.05) is 44.3 Å². The van der Waals surface area contributed by atoms with Crippen LogP contribution in [0.15, 0.2) is 161 Å². The summed E-state index contributed by atoms with van der Waals surface area (Å²) in [4.78, 5) is 20.7. The van der Waals surface area contributed by atoms with Crippen molar-refractivity contribution in [1.29, 1.82) is 0 Å². The van der Waals surface area contributed by atoms with Crippen LogP contribution in [0.1, 0.15) is 22.6 Å². The summed E-state index contributed by atoms with van der Waals surface area (Å²) in [5.74, 6) is 2.17. The van der Waals surface area contributed by atoms with Gasteiger partial charge in [0.2, 0.25) is 0 Å². The Labute approximate surface area is 293 Å². The molecule has 51 heavy (non-hydrogen) atoms. The van der Waals surface area contributed by atoms with Gasteiger partial charge in [-0.15, -0.1) is 0 Å². The second-order valence-electron chi connectivity index (χ2n) is 13.3. The van der Waals surface area contributed by atoms with E-state index in [0.717, 1.165) is 67.2 Å². The van der Waals surface area contributed by atoms with Gasteiger partial charge in [-0.1, -0.05) is 134 Å². The fourth-order valence-corrected chi connectivity index (χ4v) is 8.06. The molecule has 0 fully saturated rings. The normalized spacial score (nSPS) is 15.6. The van der Waals surface area contributed by atoms with Crippen molar-refractivity contribution in [2.45, 2.75) is 12.3 Å². The standard InChI is InChI=1S/C46H28N4O/c1-2-10-30(11-3-1)44-48-45(50-46(49-44)36-25-23-29-21-20-27-12-8-13-28-22-24-33(36)40(29)39(27)28)32-15-9-14-31(26-32)41-34-16-4-5-17-35(34)43-42(47-41)37-18-6-7-19-38(37)51-43/h1-20,22-26,39H,21H2. The Hall–Kier alpha value is -6.72. The predicted molar refractivity (Wildman–Crippen MR) is 205 cm³/mol.